The first-order valence-corrected chi connectivity index (χ1v) is 10.7. The van der Waals surface area contributed by atoms with Crippen LogP contribution in [0.2, 0.25) is 0 Å². The molecule has 1 aromatic carbocycles. The number of methoxy groups -OCH3 is 2. The van der Waals surface area contributed by atoms with Crippen LogP contribution in [0.25, 0.3) is 0 Å². The molecule has 2 heterocycles. The van der Waals surface area contributed by atoms with Gasteiger partial charge in [-0.3, -0.25) is 9.69 Å². The van der Waals surface area contributed by atoms with E-state index >= 15 is 0 Å². The van der Waals surface area contributed by atoms with Crippen LogP contribution in [0.3, 0.4) is 0 Å². The van der Waals surface area contributed by atoms with Crippen LogP contribution in [0.4, 0.5) is 4.79 Å². The molecule has 0 aliphatic carbocycles. The number of piperazine rings is 1. The third kappa shape index (κ3) is 5.36. The number of nitrogens with zero attached hydrogens (tertiary/aromatic N) is 3. The first kappa shape index (κ1) is 22.2. The molecule has 8 heteroatoms. The molecule has 0 bridgehead atoms. The van der Waals surface area contributed by atoms with E-state index in [1.54, 1.807) is 26.0 Å². The highest BCUT2D eigenvalue weighted by molar-refractivity contribution is 5.79. The molecule has 2 fully saturated rings. The Morgan fingerprint density at radius 1 is 0.933 bits per heavy atom. The number of hydrogen-bond donors (Lipinski definition) is 0. The molecule has 0 unspecified atom stereocenters. The van der Waals surface area contributed by atoms with E-state index in [4.69, 9.17) is 14.2 Å². The summed E-state index contributed by atoms with van der Waals surface area (Å²) < 4.78 is 15.7. The molecule has 2 saturated heterocycles. The molecule has 30 heavy (non-hydrogen) atoms. The van der Waals surface area contributed by atoms with Crippen molar-refractivity contribution in [2.24, 2.45) is 5.92 Å². The normalized spacial score (nSPS) is 18.2. The summed E-state index contributed by atoms with van der Waals surface area (Å²) in [4.78, 5) is 30.7. The summed E-state index contributed by atoms with van der Waals surface area (Å²) in [5.74, 6) is 1.76. The van der Waals surface area contributed by atoms with E-state index in [2.05, 4.69) is 11.0 Å². The molecule has 0 aromatic heterocycles. The van der Waals surface area contributed by atoms with E-state index in [-0.39, 0.29) is 17.9 Å². The SMILES string of the molecule is CCOC(=O)N1CCN(C(=O)C2CCN(Cc3ccc(OC)c(OC)c3)CC2)CC1. The zero-order chi connectivity index (χ0) is 21.5. The monoisotopic (exact) mass is 419 g/mol. The minimum Gasteiger partial charge on any atom is -0.493 e. The van der Waals surface area contributed by atoms with Gasteiger partial charge in [-0.25, -0.2) is 4.79 Å². The van der Waals surface area contributed by atoms with E-state index in [0.29, 0.717) is 32.8 Å². The Hall–Kier alpha value is -2.48. The lowest BCUT2D eigenvalue weighted by molar-refractivity contribution is -0.138. The summed E-state index contributed by atoms with van der Waals surface area (Å²) in [5, 5.41) is 0. The predicted molar refractivity (Wildman–Crippen MR) is 113 cm³/mol. The molecule has 2 amide bonds. The fraction of sp³-hybridized carbons (Fsp3) is 0.636. The van der Waals surface area contributed by atoms with Crippen molar-refractivity contribution in [2.75, 3.05) is 60.1 Å². The van der Waals surface area contributed by atoms with Gasteiger partial charge < -0.3 is 24.0 Å². The Morgan fingerprint density at radius 2 is 1.57 bits per heavy atom. The van der Waals surface area contributed by atoms with Crippen LogP contribution >= 0.6 is 0 Å². The number of benzene rings is 1. The fourth-order valence-corrected chi connectivity index (χ4v) is 4.16. The average Bonchev–Trinajstić information content (AvgIpc) is 2.79. The third-order valence-corrected chi connectivity index (χ3v) is 5.91. The second kappa shape index (κ2) is 10.5. The Labute approximate surface area is 178 Å². The fourth-order valence-electron chi connectivity index (χ4n) is 4.16. The molecule has 3 rings (SSSR count). The van der Waals surface area contributed by atoms with Gasteiger partial charge in [0.1, 0.15) is 0 Å². The molecular weight excluding hydrogens is 386 g/mol. The van der Waals surface area contributed by atoms with Crippen LogP contribution in [0.1, 0.15) is 25.3 Å². The summed E-state index contributed by atoms with van der Waals surface area (Å²) in [7, 11) is 3.28. The molecular formula is C22H33N3O5. The highest BCUT2D eigenvalue weighted by atomic mass is 16.6. The van der Waals surface area contributed by atoms with E-state index in [0.717, 1.165) is 44.0 Å². The van der Waals surface area contributed by atoms with Crippen molar-refractivity contribution in [1.29, 1.82) is 0 Å². The van der Waals surface area contributed by atoms with Gasteiger partial charge in [-0.15, -0.1) is 0 Å². The maximum Gasteiger partial charge on any atom is 0.409 e. The molecule has 0 N–H and O–H groups in total. The van der Waals surface area contributed by atoms with Crippen molar-refractivity contribution in [2.45, 2.75) is 26.3 Å². The lowest BCUT2D eigenvalue weighted by Gasteiger charge is -2.38. The van der Waals surface area contributed by atoms with Crippen molar-refractivity contribution >= 4 is 12.0 Å². The summed E-state index contributed by atoms with van der Waals surface area (Å²) in [6, 6.07) is 6.00. The summed E-state index contributed by atoms with van der Waals surface area (Å²) in [6.45, 7) is 7.06. The van der Waals surface area contributed by atoms with Crippen molar-refractivity contribution in [3.8, 4) is 11.5 Å². The van der Waals surface area contributed by atoms with Gasteiger partial charge in [-0.2, -0.15) is 0 Å². The standard InChI is InChI=1S/C22H33N3O5/c1-4-30-22(27)25-13-11-24(12-14-25)21(26)18-7-9-23(10-8-18)16-17-5-6-19(28-2)20(15-17)29-3/h5-6,15,18H,4,7-14,16H2,1-3H3. The molecule has 0 atom stereocenters. The lowest BCUT2D eigenvalue weighted by atomic mass is 9.94. The molecule has 2 aliphatic heterocycles. The first-order chi connectivity index (χ1) is 14.5. The minimum absolute atomic E-state index is 0.0702. The predicted octanol–water partition coefficient (Wildman–Crippen LogP) is 2.22. The number of piperidine rings is 1. The average molecular weight is 420 g/mol. The Balaban J connectivity index is 1.45. The van der Waals surface area contributed by atoms with Crippen molar-refractivity contribution in [3.05, 3.63) is 23.8 Å². The number of rotatable bonds is 6. The Bertz CT molecular complexity index is 725. The van der Waals surface area contributed by atoms with Gasteiger partial charge in [0.05, 0.1) is 20.8 Å². The van der Waals surface area contributed by atoms with Crippen LogP contribution < -0.4 is 9.47 Å². The summed E-state index contributed by atoms with van der Waals surface area (Å²) in [6.07, 6.45) is 1.45. The summed E-state index contributed by atoms with van der Waals surface area (Å²) >= 11 is 0. The van der Waals surface area contributed by atoms with Gasteiger partial charge in [0.25, 0.3) is 0 Å². The van der Waals surface area contributed by atoms with Crippen LogP contribution in [0.5, 0.6) is 11.5 Å². The van der Waals surface area contributed by atoms with Crippen LogP contribution in [-0.2, 0) is 16.1 Å². The van der Waals surface area contributed by atoms with Crippen LogP contribution in [-0.4, -0.2) is 86.8 Å². The number of ether oxygens (including phenoxy) is 3. The lowest BCUT2D eigenvalue weighted by Crippen LogP contribution is -2.53. The van der Waals surface area contributed by atoms with Crippen LogP contribution in [0, 0.1) is 5.92 Å². The quantitative estimate of drug-likeness (QED) is 0.704. The van der Waals surface area contributed by atoms with Gasteiger partial charge in [0, 0.05) is 38.6 Å². The van der Waals surface area contributed by atoms with Crippen molar-refractivity contribution in [1.82, 2.24) is 14.7 Å². The Kier molecular flexibility index (Phi) is 7.79. The zero-order valence-corrected chi connectivity index (χ0v) is 18.3. The maximum absolute atomic E-state index is 12.9. The van der Waals surface area contributed by atoms with E-state index < -0.39 is 0 Å². The van der Waals surface area contributed by atoms with E-state index in [9.17, 15) is 9.59 Å². The largest absolute Gasteiger partial charge is 0.493 e. The topological polar surface area (TPSA) is 71.6 Å². The van der Waals surface area contributed by atoms with E-state index in [1.165, 1.54) is 5.56 Å². The van der Waals surface area contributed by atoms with Crippen molar-refractivity contribution in [3.63, 3.8) is 0 Å². The number of carbonyl (C=O) groups excluding carboxylic acids is 2. The zero-order valence-electron chi connectivity index (χ0n) is 18.3. The third-order valence-electron chi connectivity index (χ3n) is 5.91. The molecule has 0 saturated carbocycles. The molecule has 8 nitrogen and oxygen atoms in total. The smallest absolute Gasteiger partial charge is 0.409 e. The second-order valence-corrected chi connectivity index (χ2v) is 7.75. The first-order valence-electron chi connectivity index (χ1n) is 10.7. The highest BCUT2D eigenvalue weighted by Gasteiger charge is 2.31. The number of carbonyl (C=O) groups is 2. The second-order valence-electron chi connectivity index (χ2n) is 7.75. The van der Waals surface area contributed by atoms with Crippen LogP contribution in [0.15, 0.2) is 18.2 Å². The van der Waals surface area contributed by atoms with Gasteiger partial charge in [-0.05, 0) is 50.6 Å². The molecule has 166 valence electrons. The Morgan fingerprint density at radius 3 is 2.17 bits per heavy atom. The van der Waals surface area contributed by atoms with Gasteiger partial charge in [0.2, 0.25) is 5.91 Å². The molecule has 2 aliphatic rings. The highest BCUT2D eigenvalue weighted by Crippen LogP contribution is 2.29. The minimum atomic E-state index is -0.284. The maximum atomic E-state index is 12.9. The van der Waals surface area contributed by atoms with Crippen molar-refractivity contribution < 1.29 is 23.8 Å². The molecule has 1 aromatic rings. The number of amides is 2. The van der Waals surface area contributed by atoms with E-state index in [1.807, 2.05) is 17.0 Å². The number of hydrogen-bond acceptors (Lipinski definition) is 6. The summed E-state index contributed by atoms with van der Waals surface area (Å²) in [5.41, 5.74) is 1.17. The number of likely N-dealkylation sites (tertiary alicyclic amines) is 1. The molecule has 0 radical (unpaired) electrons. The van der Waals surface area contributed by atoms with Gasteiger partial charge in [0.15, 0.2) is 11.5 Å². The van der Waals surface area contributed by atoms with Gasteiger partial charge >= 0.3 is 6.09 Å². The molecule has 0 spiro atoms. The van der Waals surface area contributed by atoms with Gasteiger partial charge in [-0.1, -0.05) is 6.07 Å².